The van der Waals surface area contributed by atoms with E-state index in [1.807, 2.05) is 6.92 Å². The molecule has 5 heteroatoms. The maximum Gasteiger partial charge on any atom is 0.191 e. The summed E-state index contributed by atoms with van der Waals surface area (Å²) in [6, 6.07) is 4.25. The molecule has 0 atom stereocenters. The van der Waals surface area contributed by atoms with E-state index in [4.69, 9.17) is 0 Å². The fourth-order valence-corrected chi connectivity index (χ4v) is 2.87. The van der Waals surface area contributed by atoms with Crippen LogP contribution >= 0.6 is 23.1 Å². The van der Waals surface area contributed by atoms with Crippen LogP contribution in [-0.2, 0) is 13.0 Å². The fourth-order valence-electron chi connectivity index (χ4n) is 1.38. The molecule has 0 fully saturated rings. The maximum absolute atomic E-state index is 4.13. The molecule has 0 aliphatic heterocycles. The van der Waals surface area contributed by atoms with Crippen LogP contribution in [0.3, 0.4) is 0 Å². The molecule has 0 spiro atoms. The lowest BCUT2D eigenvalue weighted by atomic mass is 10.3. The van der Waals surface area contributed by atoms with Crippen LogP contribution in [0.15, 0.2) is 41.1 Å². The number of thiophene rings is 1. The van der Waals surface area contributed by atoms with Crippen molar-refractivity contribution in [1.82, 2.24) is 14.8 Å². The average Bonchev–Trinajstić information content (AvgIpc) is 2.95. The quantitative estimate of drug-likeness (QED) is 0.593. The van der Waals surface area contributed by atoms with Crippen LogP contribution in [0.5, 0.6) is 0 Å². The van der Waals surface area contributed by atoms with Gasteiger partial charge in [0.1, 0.15) is 6.33 Å². The van der Waals surface area contributed by atoms with Gasteiger partial charge in [-0.15, -0.1) is 21.5 Å². The van der Waals surface area contributed by atoms with Gasteiger partial charge in [0, 0.05) is 17.2 Å². The van der Waals surface area contributed by atoms with Crippen molar-refractivity contribution >= 4 is 23.1 Å². The van der Waals surface area contributed by atoms with Crippen LogP contribution in [0.25, 0.3) is 0 Å². The molecule has 3 nitrogen and oxygen atoms in total. The van der Waals surface area contributed by atoms with E-state index in [9.17, 15) is 0 Å². The van der Waals surface area contributed by atoms with Crippen molar-refractivity contribution in [2.24, 2.45) is 0 Å². The first-order chi connectivity index (χ1) is 8.25. The summed E-state index contributed by atoms with van der Waals surface area (Å²) in [6.45, 7) is 6.86. The summed E-state index contributed by atoms with van der Waals surface area (Å²) < 4.78 is 2.10. The molecule has 0 aliphatic carbocycles. The van der Waals surface area contributed by atoms with Gasteiger partial charge in [-0.25, -0.2) is 0 Å². The Balaban J connectivity index is 1.92. The van der Waals surface area contributed by atoms with Gasteiger partial charge in [0.05, 0.1) is 0 Å². The van der Waals surface area contributed by atoms with Crippen molar-refractivity contribution in [2.45, 2.75) is 25.0 Å². The first kappa shape index (κ1) is 12.4. The van der Waals surface area contributed by atoms with Gasteiger partial charge in [0.15, 0.2) is 5.16 Å². The highest BCUT2D eigenvalue weighted by atomic mass is 32.2. The van der Waals surface area contributed by atoms with E-state index in [2.05, 4.69) is 38.9 Å². The van der Waals surface area contributed by atoms with Crippen LogP contribution in [0.2, 0.25) is 0 Å². The zero-order valence-electron chi connectivity index (χ0n) is 9.80. The summed E-state index contributed by atoms with van der Waals surface area (Å²) in [6.07, 6.45) is 2.84. The molecule has 2 aromatic heterocycles. The predicted molar refractivity (Wildman–Crippen MR) is 73.6 cm³/mol. The van der Waals surface area contributed by atoms with Gasteiger partial charge in [0.25, 0.3) is 0 Å². The van der Waals surface area contributed by atoms with Crippen molar-refractivity contribution in [3.8, 4) is 0 Å². The van der Waals surface area contributed by atoms with E-state index < -0.39 is 0 Å². The Morgan fingerprint density at radius 3 is 3.18 bits per heavy atom. The number of thioether (sulfide) groups is 1. The molecule has 17 heavy (non-hydrogen) atoms. The molecule has 0 N–H and O–H groups in total. The van der Waals surface area contributed by atoms with Crippen molar-refractivity contribution in [3.63, 3.8) is 0 Å². The van der Waals surface area contributed by atoms with Crippen LogP contribution in [0, 0.1) is 0 Å². The van der Waals surface area contributed by atoms with Gasteiger partial charge < -0.3 is 4.57 Å². The van der Waals surface area contributed by atoms with Gasteiger partial charge >= 0.3 is 0 Å². The summed E-state index contributed by atoms with van der Waals surface area (Å²) in [4.78, 5) is 1.40. The van der Waals surface area contributed by atoms with Crippen LogP contribution in [-0.4, -0.2) is 20.5 Å². The van der Waals surface area contributed by atoms with Gasteiger partial charge in [0.2, 0.25) is 0 Å². The maximum atomic E-state index is 4.13. The molecule has 0 radical (unpaired) electrons. The fraction of sp³-hybridized carbons (Fsp3) is 0.333. The lowest BCUT2D eigenvalue weighted by Crippen LogP contribution is -2.01. The number of hydrogen-bond donors (Lipinski definition) is 0. The standard InChI is InChI=1S/C12H15N3S2/c1-10(2)8-17-12-14-13-9-15(12)6-5-11-4-3-7-16-11/h3-4,7,9H,1,5-6,8H2,2H3. The van der Waals surface area contributed by atoms with Gasteiger partial charge in [-0.2, -0.15) is 0 Å². The summed E-state index contributed by atoms with van der Waals surface area (Å²) in [5, 5.41) is 11.2. The van der Waals surface area contributed by atoms with Crippen molar-refractivity contribution in [3.05, 3.63) is 40.9 Å². The molecule has 90 valence electrons. The number of nitrogens with zero attached hydrogens (tertiary/aromatic N) is 3. The van der Waals surface area contributed by atoms with E-state index in [0.29, 0.717) is 0 Å². The zero-order chi connectivity index (χ0) is 12.1. The van der Waals surface area contributed by atoms with Crippen molar-refractivity contribution in [2.75, 3.05) is 5.75 Å². The molecule has 2 heterocycles. The third kappa shape index (κ3) is 3.71. The van der Waals surface area contributed by atoms with Gasteiger partial charge in [-0.1, -0.05) is 30.0 Å². The van der Waals surface area contributed by atoms with E-state index in [1.54, 1.807) is 29.4 Å². The Hall–Kier alpha value is -1.07. The third-order valence-corrected chi connectivity index (χ3v) is 4.35. The number of hydrogen-bond acceptors (Lipinski definition) is 4. The van der Waals surface area contributed by atoms with Gasteiger partial charge in [-0.3, -0.25) is 0 Å². The summed E-state index contributed by atoms with van der Waals surface area (Å²) >= 11 is 3.49. The monoisotopic (exact) mass is 265 g/mol. The highest BCUT2D eigenvalue weighted by Crippen LogP contribution is 2.18. The largest absolute Gasteiger partial charge is 0.308 e. The van der Waals surface area contributed by atoms with E-state index in [-0.39, 0.29) is 0 Å². The van der Waals surface area contributed by atoms with Crippen LogP contribution < -0.4 is 0 Å². The molecule has 2 rings (SSSR count). The van der Waals surface area contributed by atoms with Crippen molar-refractivity contribution < 1.29 is 0 Å². The number of aromatic nitrogens is 3. The average molecular weight is 265 g/mol. The molecule has 2 aromatic rings. The number of rotatable bonds is 6. The summed E-state index contributed by atoms with van der Waals surface area (Å²) in [7, 11) is 0. The van der Waals surface area contributed by atoms with Crippen molar-refractivity contribution in [1.29, 1.82) is 0 Å². The molecule has 0 bridgehead atoms. The van der Waals surface area contributed by atoms with Crippen LogP contribution in [0.4, 0.5) is 0 Å². The molecule has 0 aliphatic rings. The predicted octanol–water partition coefficient (Wildman–Crippen LogP) is 3.25. The first-order valence-corrected chi connectivity index (χ1v) is 7.29. The first-order valence-electron chi connectivity index (χ1n) is 5.43. The molecule has 0 saturated carbocycles. The van der Waals surface area contributed by atoms with E-state index in [0.717, 1.165) is 29.4 Å². The van der Waals surface area contributed by atoms with Gasteiger partial charge in [-0.05, 0) is 24.8 Å². The highest BCUT2D eigenvalue weighted by Gasteiger charge is 2.05. The van der Waals surface area contributed by atoms with E-state index in [1.165, 1.54) is 4.88 Å². The van der Waals surface area contributed by atoms with E-state index >= 15 is 0 Å². The topological polar surface area (TPSA) is 30.7 Å². The second-order valence-electron chi connectivity index (χ2n) is 3.88. The minimum Gasteiger partial charge on any atom is -0.308 e. The summed E-state index contributed by atoms with van der Waals surface area (Å²) in [5.41, 5.74) is 1.16. The number of aryl methyl sites for hydroxylation is 2. The smallest absolute Gasteiger partial charge is 0.191 e. The molecular weight excluding hydrogens is 250 g/mol. The molecule has 0 amide bonds. The van der Waals surface area contributed by atoms with Crippen LogP contribution in [0.1, 0.15) is 11.8 Å². The molecule has 0 unspecified atom stereocenters. The lowest BCUT2D eigenvalue weighted by molar-refractivity contribution is 0.638. The Morgan fingerprint density at radius 2 is 2.47 bits per heavy atom. The third-order valence-electron chi connectivity index (χ3n) is 2.21. The highest BCUT2D eigenvalue weighted by molar-refractivity contribution is 7.99. The minimum atomic E-state index is 0.900. The minimum absolute atomic E-state index is 0.900. The zero-order valence-corrected chi connectivity index (χ0v) is 11.4. The SMILES string of the molecule is C=C(C)CSc1nncn1CCc1cccs1. The summed E-state index contributed by atoms with van der Waals surface area (Å²) in [5.74, 6) is 0.900. The Labute approximate surface area is 110 Å². The Bertz CT molecular complexity index is 474. The Morgan fingerprint density at radius 1 is 1.59 bits per heavy atom. The second-order valence-corrected chi connectivity index (χ2v) is 5.86. The molecule has 0 saturated heterocycles. The normalized spacial score (nSPS) is 10.6. The molecule has 0 aromatic carbocycles. The Kier molecular flexibility index (Phi) is 4.39. The lowest BCUT2D eigenvalue weighted by Gasteiger charge is -2.04. The molecular formula is C12H15N3S2. The second kappa shape index (κ2) is 6.02.